The third kappa shape index (κ3) is 27.8. The number of carbonyl (C=O) groups is 2. The molecule has 0 spiro atoms. The summed E-state index contributed by atoms with van der Waals surface area (Å²) < 4.78 is 22.0. The zero-order valence-corrected chi connectivity index (χ0v) is 34.4. The number of hydrogen-bond donors (Lipinski definition) is 4. The van der Waals surface area contributed by atoms with E-state index >= 15 is 0 Å². The van der Waals surface area contributed by atoms with E-state index in [9.17, 15) is 30.0 Å². The molecule has 1 aliphatic rings. The third-order valence-electron chi connectivity index (χ3n) is 9.69. The van der Waals surface area contributed by atoms with E-state index in [1.807, 2.05) is 0 Å². The van der Waals surface area contributed by atoms with Gasteiger partial charge in [-0.3, -0.25) is 9.59 Å². The first kappa shape index (κ1) is 50.7. The molecule has 0 saturated carbocycles. The minimum absolute atomic E-state index is 0.198. The summed E-state index contributed by atoms with van der Waals surface area (Å²) in [5.74, 6) is -0.889. The standard InChI is InChI=1S/C45H78O10/c1-3-5-7-9-11-13-15-17-18-19-20-22-23-25-27-29-31-33-40(47)52-36-38(37-53-45-44(51)43(50)42(49)39(35-46)55-45)54-41(48)34-32-30-28-26-24-21-16-14-12-10-8-6-4-2/h17-18,20-22,24-25,27,38-39,42-46,49-51H,3-16,19,23,26,28-37H2,1-2H3/b18-17+,22-20+,24-21+,27-25+/t38-,39-,42+,43?,44?,45-/m0/s1. The van der Waals surface area contributed by atoms with E-state index in [4.69, 9.17) is 18.9 Å². The van der Waals surface area contributed by atoms with Crippen LogP contribution in [0.5, 0.6) is 0 Å². The van der Waals surface area contributed by atoms with Crippen LogP contribution in [0.2, 0.25) is 0 Å². The zero-order chi connectivity index (χ0) is 40.2. The van der Waals surface area contributed by atoms with Crippen molar-refractivity contribution in [3.8, 4) is 0 Å². The van der Waals surface area contributed by atoms with Gasteiger partial charge in [0.15, 0.2) is 12.4 Å². The van der Waals surface area contributed by atoms with E-state index in [1.54, 1.807) is 0 Å². The van der Waals surface area contributed by atoms with Crippen molar-refractivity contribution < 1.29 is 49.0 Å². The Balaban J connectivity index is 2.40. The Kier molecular flexibility index (Phi) is 33.2. The van der Waals surface area contributed by atoms with Crippen LogP contribution in [0.4, 0.5) is 0 Å². The number of hydrogen-bond acceptors (Lipinski definition) is 10. The smallest absolute Gasteiger partial charge is 0.306 e. The fraction of sp³-hybridized carbons (Fsp3) is 0.778. The molecular weight excluding hydrogens is 700 g/mol. The number of allylic oxidation sites excluding steroid dienone is 8. The maximum atomic E-state index is 12.7. The molecule has 1 fully saturated rings. The van der Waals surface area contributed by atoms with E-state index in [0.29, 0.717) is 12.8 Å². The molecule has 1 aliphatic heterocycles. The first-order valence-electron chi connectivity index (χ1n) is 21.7. The molecule has 4 N–H and O–H groups in total. The van der Waals surface area contributed by atoms with Crippen LogP contribution < -0.4 is 0 Å². The summed E-state index contributed by atoms with van der Waals surface area (Å²) in [6.07, 6.45) is 34.1. The lowest BCUT2D eigenvalue weighted by Gasteiger charge is -2.39. The van der Waals surface area contributed by atoms with Gasteiger partial charge in [0.1, 0.15) is 31.0 Å². The van der Waals surface area contributed by atoms with Crippen LogP contribution in [0.25, 0.3) is 0 Å². The van der Waals surface area contributed by atoms with Crippen molar-refractivity contribution in [3.05, 3.63) is 48.6 Å². The van der Waals surface area contributed by atoms with Crippen LogP contribution in [0, 0.1) is 0 Å². The molecule has 0 amide bonds. The minimum Gasteiger partial charge on any atom is -0.462 e. The Hall–Kier alpha value is -2.34. The van der Waals surface area contributed by atoms with Crippen LogP contribution in [-0.2, 0) is 28.5 Å². The second kappa shape index (κ2) is 36.0. The van der Waals surface area contributed by atoms with Gasteiger partial charge in [-0.1, -0.05) is 133 Å². The normalized spacial score (nSPS) is 21.0. The van der Waals surface area contributed by atoms with Gasteiger partial charge in [0.2, 0.25) is 0 Å². The highest BCUT2D eigenvalue weighted by atomic mass is 16.7. The topological polar surface area (TPSA) is 152 Å². The summed E-state index contributed by atoms with van der Waals surface area (Å²) in [7, 11) is 0. The van der Waals surface area contributed by atoms with Gasteiger partial charge in [-0.25, -0.2) is 0 Å². The molecule has 10 nitrogen and oxygen atoms in total. The van der Waals surface area contributed by atoms with E-state index in [0.717, 1.165) is 51.4 Å². The molecule has 0 aromatic heterocycles. The average Bonchev–Trinajstić information content (AvgIpc) is 3.18. The first-order chi connectivity index (χ1) is 26.8. The fourth-order valence-electron chi connectivity index (χ4n) is 6.20. The zero-order valence-electron chi connectivity index (χ0n) is 34.4. The van der Waals surface area contributed by atoms with E-state index in [-0.39, 0.29) is 26.1 Å². The van der Waals surface area contributed by atoms with Gasteiger partial charge in [-0.2, -0.15) is 0 Å². The van der Waals surface area contributed by atoms with Gasteiger partial charge in [-0.05, 0) is 70.6 Å². The van der Waals surface area contributed by atoms with Gasteiger partial charge in [0, 0.05) is 12.8 Å². The number of aliphatic hydroxyl groups is 4. The Morgan fingerprint density at radius 1 is 0.564 bits per heavy atom. The number of carbonyl (C=O) groups excluding carboxylic acids is 2. The van der Waals surface area contributed by atoms with Gasteiger partial charge in [0.05, 0.1) is 13.2 Å². The van der Waals surface area contributed by atoms with Gasteiger partial charge < -0.3 is 39.4 Å². The molecule has 1 heterocycles. The molecule has 318 valence electrons. The lowest BCUT2D eigenvalue weighted by Crippen LogP contribution is -2.59. The van der Waals surface area contributed by atoms with Crippen molar-refractivity contribution in [2.75, 3.05) is 19.8 Å². The number of rotatable bonds is 35. The van der Waals surface area contributed by atoms with Crippen molar-refractivity contribution in [1.82, 2.24) is 0 Å². The average molecular weight is 779 g/mol. The monoisotopic (exact) mass is 779 g/mol. The van der Waals surface area contributed by atoms with Gasteiger partial charge >= 0.3 is 11.9 Å². The minimum atomic E-state index is -1.60. The summed E-state index contributed by atoms with van der Waals surface area (Å²) in [4.78, 5) is 25.2. The Morgan fingerprint density at radius 2 is 1.04 bits per heavy atom. The van der Waals surface area contributed by atoms with Crippen LogP contribution in [0.1, 0.15) is 168 Å². The summed E-state index contributed by atoms with van der Waals surface area (Å²) in [6, 6.07) is 0. The van der Waals surface area contributed by atoms with Crippen molar-refractivity contribution in [3.63, 3.8) is 0 Å². The molecule has 1 rings (SSSR count). The molecule has 0 radical (unpaired) electrons. The molecule has 0 aliphatic carbocycles. The van der Waals surface area contributed by atoms with E-state index in [2.05, 4.69) is 62.5 Å². The highest BCUT2D eigenvalue weighted by Gasteiger charge is 2.44. The van der Waals surface area contributed by atoms with Crippen LogP contribution in [-0.4, -0.2) is 89.0 Å². The van der Waals surface area contributed by atoms with Gasteiger partial charge in [0.25, 0.3) is 0 Å². The largest absolute Gasteiger partial charge is 0.462 e. The Bertz CT molecular complexity index is 1040. The predicted molar refractivity (Wildman–Crippen MR) is 219 cm³/mol. The van der Waals surface area contributed by atoms with E-state index in [1.165, 1.54) is 77.0 Å². The first-order valence-corrected chi connectivity index (χ1v) is 21.7. The molecule has 0 aromatic carbocycles. The maximum Gasteiger partial charge on any atom is 0.306 e. The van der Waals surface area contributed by atoms with Crippen LogP contribution in [0.3, 0.4) is 0 Å². The summed E-state index contributed by atoms with van der Waals surface area (Å²) in [5, 5.41) is 40.0. The number of unbranched alkanes of at least 4 members (excludes halogenated alkanes) is 16. The fourth-order valence-corrected chi connectivity index (χ4v) is 6.20. The molecule has 0 bridgehead atoms. The number of aliphatic hydroxyl groups excluding tert-OH is 4. The number of esters is 2. The summed E-state index contributed by atoms with van der Waals surface area (Å²) in [6.45, 7) is 3.33. The van der Waals surface area contributed by atoms with Crippen molar-refractivity contribution >= 4 is 11.9 Å². The predicted octanol–water partition coefficient (Wildman–Crippen LogP) is 8.88. The summed E-state index contributed by atoms with van der Waals surface area (Å²) >= 11 is 0. The molecule has 55 heavy (non-hydrogen) atoms. The second-order valence-corrected chi connectivity index (χ2v) is 14.8. The van der Waals surface area contributed by atoms with Crippen molar-refractivity contribution in [1.29, 1.82) is 0 Å². The Morgan fingerprint density at radius 3 is 1.60 bits per heavy atom. The lowest BCUT2D eigenvalue weighted by atomic mass is 9.99. The SMILES string of the molecule is CCCCCCCC/C=C/C/C=C/C/C=C/CCCC(=O)OC[C@@H](CO[C@H]1O[C@@H](CO)[C@@H](O)C(O)C1O)OC(=O)CCCCC/C=C/CCCCCCCC. The highest BCUT2D eigenvalue weighted by Crippen LogP contribution is 2.22. The van der Waals surface area contributed by atoms with Crippen molar-refractivity contribution in [2.24, 2.45) is 0 Å². The lowest BCUT2D eigenvalue weighted by molar-refractivity contribution is -0.305. The highest BCUT2D eigenvalue weighted by molar-refractivity contribution is 5.70. The molecule has 6 atom stereocenters. The Labute approximate surface area is 333 Å². The van der Waals surface area contributed by atoms with Crippen LogP contribution >= 0.6 is 0 Å². The van der Waals surface area contributed by atoms with E-state index < -0.39 is 55.4 Å². The molecule has 10 heteroatoms. The van der Waals surface area contributed by atoms with Crippen LogP contribution in [0.15, 0.2) is 48.6 Å². The maximum absolute atomic E-state index is 12.7. The molecule has 0 aromatic rings. The van der Waals surface area contributed by atoms with Gasteiger partial charge in [-0.15, -0.1) is 0 Å². The number of ether oxygens (including phenoxy) is 4. The quantitative estimate of drug-likeness (QED) is 0.0279. The summed E-state index contributed by atoms with van der Waals surface area (Å²) in [5.41, 5.74) is 0. The molecule has 2 unspecified atom stereocenters. The molecule has 1 saturated heterocycles. The molecular formula is C45H78O10. The van der Waals surface area contributed by atoms with Crippen molar-refractivity contribution in [2.45, 2.75) is 205 Å². The third-order valence-corrected chi connectivity index (χ3v) is 9.69. The second-order valence-electron chi connectivity index (χ2n) is 14.8.